The number of aromatic nitrogens is 2. The first kappa shape index (κ1) is 24.8. The van der Waals surface area contributed by atoms with Crippen LogP contribution < -0.4 is 10.6 Å². The van der Waals surface area contributed by atoms with Gasteiger partial charge < -0.3 is 15.5 Å². The van der Waals surface area contributed by atoms with Crippen molar-refractivity contribution in [3.8, 4) is 0 Å². The number of hydrogen-bond acceptors (Lipinski definition) is 5. The Labute approximate surface area is 206 Å². The van der Waals surface area contributed by atoms with Gasteiger partial charge in [0, 0.05) is 23.5 Å². The molecule has 8 heteroatoms. The van der Waals surface area contributed by atoms with Crippen LogP contribution in [0, 0.1) is 11.8 Å². The fourth-order valence-electron chi connectivity index (χ4n) is 5.20. The lowest BCUT2D eigenvalue weighted by Crippen LogP contribution is -2.67. The second-order valence-corrected chi connectivity index (χ2v) is 11.1. The van der Waals surface area contributed by atoms with Crippen molar-refractivity contribution in [1.29, 1.82) is 0 Å². The minimum absolute atomic E-state index is 0.0651. The molecule has 0 bridgehead atoms. The van der Waals surface area contributed by atoms with Crippen LogP contribution in [0.4, 0.5) is 0 Å². The van der Waals surface area contributed by atoms with Gasteiger partial charge in [0.1, 0.15) is 24.5 Å². The zero-order valence-electron chi connectivity index (χ0n) is 21.1. The van der Waals surface area contributed by atoms with Crippen molar-refractivity contribution >= 4 is 17.7 Å². The van der Waals surface area contributed by atoms with Gasteiger partial charge in [-0.3, -0.25) is 14.4 Å². The molecule has 0 radical (unpaired) electrons. The molecule has 35 heavy (non-hydrogen) atoms. The van der Waals surface area contributed by atoms with Crippen LogP contribution in [0.1, 0.15) is 63.8 Å². The van der Waals surface area contributed by atoms with Crippen LogP contribution in [-0.4, -0.2) is 50.2 Å². The summed E-state index contributed by atoms with van der Waals surface area (Å²) in [6.07, 6.45) is 6.35. The molecule has 1 saturated heterocycles. The van der Waals surface area contributed by atoms with Gasteiger partial charge in [0.05, 0.1) is 0 Å². The summed E-state index contributed by atoms with van der Waals surface area (Å²) in [5, 5.41) is 6.03. The first-order valence-electron chi connectivity index (χ1n) is 12.3. The third-order valence-corrected chi connectivity index (χ3v) is 6.63. The summed E-state index contributed by atoms with van der Waals surface area (Å²) >= 11 is 0. The van der Waals surface area contributed by atoms with Crippen LogP contribution >= 0.6 is 0 Å². The zero-order valence-corrected chi connectivity index (χ0v) is 21.1. The highest BCUT2D eigenvalue weighted by molar-refractivity contribution is 6.00. The van der Waals surface area contributed by atoms with Gasteiger partial charge in [0.2, 0.25) is 17.7 Å². The van der Waals surface area contributed by atoms with Crippen molar-refractivity contribution < 1.29 is 14.4 Å². The molecule has 1 aliphatic carbocycles. The van der Waals surface area contributed by atoms with Crippen molar-refractivity contribution in [3.63, 3.8) is 0 Å². The molecule has 1 fully saturated rings. The van der Waals surface area contributed by atoms with E-state index >= 15 is 0 Å². The molecule has 2 aromatic rings. The molecule has 2 aliphatic rings. The molecule has 1 aliphatic heterocycles. The van der Waals surface area contributed by atoms with Crippen LogP contribution in [0.2, 0.25) is 0 Å². The number of nitrogens with zero attached hydrogens (tertiary/aromatic N) is 3. The van der Waals surface area contributed by atoms with E-state index in [0.29, 0.717) is 24.8 Å². The maximum atomic E-state index is 14.2. The van der Waals surface area contributed by atoms with Gasteiger partial charge in [-0.2, -0.15) is 0 Å². The van der Waals surface area contributed by atoms with Crippen LogP contribution in [0.15, 0.2) is 43.0 Å². The first-order valence-corrected chi connectivity index (χ1v) is 12.3. The maximum absolute atomic E-state index is 14.2. The first-order chi connectivity index (χ1) is 16.5. The minimum atomic E-state index is -1.01. The van der Waals surface area contributed by atoms with Gasteiger partial charge in [0.15, 0.2) is 0 Å². The molecule has 0 saturated carbocycles. The Balaban J connectivity index is 1.74. The molecule has 4 rings (SSSR count). The van der Waals surface area contributed by atoms with E-state index in [2.05, 4.69) is 32.7 Å². The molecule has 1 aromatic heterocycles. The van der Waals surface area contributed by atoms with E-state index in [4.69, 9.17) is 0 Å². The summed E-state index contributed by atoms with van der Waals surface area (Å²) in [5.41, 5.74) is 2.37. The van der Waals surface area contributed by atoms with Crippen molar-refractivity contribution in [2.24, 2.45) is 11.8 Å². The molecule has 8 nitrogen and oxygen atoms in total. The number of rotatable bonds is 6. The lowest BCUT2D eigenvalue weighted by molar-refractivity contribution is -0.158. The van der Waals surface area contributed by atoms with E-state index in [-0.39, 0.29) is 29.6 Å². The van der Waals surface area contributed by atoms with Crippen LogP contribution in [0.3, 0.4) is 0 Å². The van der Waals surface area contributed by atoms with Crippen LogP contribution in [0.5, 0.6) is 0 Å². The summed E-state index contributed by atoms with van der Waals surface area (Å²) in [6, 6.07) is 5.66. The fraction of sp³-hybridized carbons (Fsp3) is 0.519. The predicted molar refractivity (Wildman–Crippen MR) is 132 cm³/mol. The van der Waals surface area contributed by atoms with E-state index in [0.717, 1.165) is 0 Å². The molecule has 186 valence electrons. The van der Waals surface area contributed by atoms with E-state index < -0.39 is 23.7 Å². The number of carbonyl (C=O) groups excluding carboxylic acids is 3. The maximum Gasteiger partial charge on any atom is 0.247 e. The number of fused-ring (bicyclic) bond motifs is 1. The number of piperazine rings is 1. The number of carbonyl (C=O) groups is 3. The molecule has 3 amide bonds. The van der Waals surface area contributed by atoms with Crippen LogP contribution in [-0.2, 0) is 27.2 Å². The topological polar surface area (TPSA) is 104 Å². The molecule has 2 heterocycles. The van der Waals surface area contributed by atoms with E-state index in [1.807, 2.05) is 46.8 Å². The second kappa shape index (κ2) is 9.76. The average Bonchev–Trinajstić information content (AvgIpc) is 3.21. The van der Waals surface area contributed by atoms with Gasteiger partial charge in [-0.15, -0.1) is 0 Å². The summed E-state index contributed by atoms with van der Waals surface area (Å²) in [7, 11) is 0. The number of hydrogen-bond donors (Lipinski definition) is 2. The van der Waals surface area contributed by atoms with Gasteiger partial charge in [-0.05, 0) is 63.0 Å². The molecule has 0 unspecified atom stereocenters. The van der Waals surface area contributed by atoms with Crippen LogP contribution in [0.25, 0.3) is 0 Å². The minimum Gasteiger partial charge on any atom is -0.349 e. The van der Waals surface area contributed by atoms with Crippen molar-refractivity contribution in [3.05, 3.63) is 59.7 Å². The number of amides is 3. The summed E-state index contributed by atoms with van der Waals surface area (Å²) in [6.45, 7) is 9.67. The highest BCUT2D eigenvalue weighted by Gasteiger charge is 2.49. The monoisotopic (exact) mass is 477 g/mol. The number of nitrogens with one attached hydrogen (secondary N) is 2. The smallest absolute Gasteiger partial charge is 0.247 e. The summed E-state index contributed by atoms with van der Waals surface area (Å²) in [5.74, 6) is -0.718. The van der Waals surface area contributed by atoms with Gasteiger partial charge in [-0.1, -0.05) is 38.1 Å². The van der Waals surface area contributed by atoms with Gasteiger partial charge in [-0.25, -0.2) is 9.97 Å². The Kier molecular flexibility index (Phi) is 6.92. The molecular formula is C27H35N5O3. The Morgan fingerprint density at radius 2 is 1.71 bits per heavy atom. The molecular weight excluding hydrogens is 442 g/mol. The third-order valence-electron chi connectivity index (χ3n) is 6.63. The lowest BCUT2D eigenvalue weighted by Gasteiger charge is -2.45. The highest BCUT2D eigenvalue weighted by Crippen LogP contribution is 2.35. The van der Waals surface area contributed by atoms with Crippen molar-refractivity contribution in [2.75, 3.05) is 0 Å². The Bertz CT molecular complexity index is 1070. The average molecular weight is 478 g/mol. The van der Waals surface area contributed by atoms with Gasteiger partial charge >= 0.3 is 0 Å². The van der Waals surface area contributed by atoms with E-state index in [1.165, 1.54) is 22.4 Å². The quantitative estimate of drug-likeness (QED) is 0.666. The fourth-order valence-corrected chi connectivity index (χ4v) is 5.20. The molecule has 3 atom stereocenters. The SMILES string of the molecule is CC(C)C[C@@H]1C(=O)N[C@H](C2Cc3ccccc3C2)C(=O)N1[C@@H](C(=O)NC(C)(C)C)c1cncnc1. The highest BCUT2D eigenvalue weighted by atomic mass is 16.2. The van der Waals surface area contributed by atoms with E-state index in [1.54, 1.807) is 12.4 Å². The zero-order chi connectivity index (χ0) is 25.3. The third kappa shape index (κ3) is 5.36. The van der Waals surface area contributed by atoms with Crippen molar-refractivity contribution in [2.45, 2.75) is 77.5 Å². The molecule has 0 spiro atoms. The standard InChI is InChI=1S/C27H35N5O3/c1-16(2)10-21-24(33)30-22(19-11-17-8-6-7-9-18(17)12-19)26(35)32(21)23(20-13-28-15-29-14-20)25(34)31-27(3,4)5/h6-9,13-16,19,21-23H,10-12H2,1-5H3,(H,30,33)(H,31,34)/t21-,22-,23-/m1/s1. The summed E-state index contributed by atoms with van der Waals surface area (Å²) in [4.78, 5) is 51.0. The van der Waals surface area contributed by atoms with Crippen molar-refractivity contribution in [1.82, 2.24) is 25.5 Å². The lowest BCUT2D eigenvalue weighted by atomic mass is 9.88. The van der Waals surface area contributed by atoms with E-state index in [9.17, 15) is 14.4 Å². The molecule has 2 N–H and O–H groups in total. The molecule has 1 aromatic carbocycles. The summed E-state index contributed by atoms with van der Waals surface area (Å²) < 4.78 is 0. The Morgan fingerprint density at radius 1 is 1.11 bits per heavy atom. The predicted octanol–water partition coefficient (Wildman–Crippen LogP) is 2.59. The Morgan fingerprint density at radius 3 is 2.26 bits per heavy atom. The normalized spacial score (nSPS) is 21.6. The second-order valence-electron chi connectivity index (χ2n) is 11.1. The number of benzene rings is 1. The van der Waals surface area contributed by atoms with Gasteiger partial charge in [0.25, 0.3) is 0 Å². The largest absolute Gasteiger partial charge is 0.349 e. The Hall–Kier alpha value is -3.29.